The van der Waals surface area contributed by atoms with E-state index in [0.29, 0.717) is 23.9 Å². The van der Waals surface area contributed by atoms with E-state index in [2.05, 4.69) is 9.97 Å². The Balaban J connectivity index is 1.90. The highest BCUT2D eigenvalue weighted by molar-refractivity contribution is 5.89. The van der Waals surface area contributed by atoms with Crippen molar-refractivity contribution in [2.24, 2.45) is 0 Å². The number of hydrogen-bond acceptors (Lipinski definition) is 4. The first-order valence-electron chi connectivity index (χ1n) is 8.53. The van der Waals surface area contributed by atoms with E-state index in [1.807, 2.05) is 42.5 Å². The summed E-state index contributed by atoms with van der Waals surface area (Å²) in [4.78, 5) is 20.5. The Morgan fingerprint density at radius 1 is 1.11 bits per heavy atom. The summed E-state index contributed by atoms with van der Waals surface area (Å²) in [6.07, 6.45) is 1.61. The average molecular weight is 358 g/mol. The maximum atomic E-state index is 11.9. The zero-order chi connectivity index (χ0) is 19.0. The van der Waals surface area contributed by atoms with Crippen molar-refractivity contribution in [2.45, 2.75) is 13.5 Å². The number of nitrogen functional groups attached to an aromatic ring is 1. The van der Waals surface area contributed by atoms with Gasteiger partial charge in [-0.2, -0.15) is 0 Å². The number of benzene rings is 2. The topological polar surface area (TPSA) is 94.0 Å². The lowest BCUT2D eigenvalue weighted by molar-refractivity contribution is 0.0685. The van der Waals surface area contributed by atoms with E-state index in [-0.39, 0.29) is 5.69 Å². The fourth-order valence-corrected chi connectivity index (χ4v) is 3.36. The van der Waals surface area contributed by atoms with Crippen LogP contribution in [0.1, 0.15) is 21.7 Å². The predicted octanol–water partition coefficient (Wildman–Crippen LogP) is 3.74. The number of hydrogen-bond donors (Lipinski definition) is 2. The Labute approximate surface area is 155 Å². The van der Waals surface area contributed by atoms with Gasteiger partial charge < -0.3 is 15.4 Å². The number of nitrogens with zero attached hydrogens (tertiary/aromatic N) is 3. The number of carbonyl (C=O) groups is 1. The molecule has 0 unspecified atom stereocenters. The molecule has 0 fully saturated rings. The number of carboxylic acid groups (broad SMARTS) is 1. The van der Waals surface area contributed by atoms with Crippen molar-refractivity contribution in [2.75, 3.05) is 5.73 Å². The fourth-order valence-electron chi connectivity index (χ4n) is 3.36. The first-order valence-corrected chi connectivity index (χ1v) is 8.53. The summed E-state index contributed by atoms with van der Waals surface area (Å²) in [5.41, 5.74) is 8.07. The van der Waals surface area contributed by atoms with E-state index in [1.54, 1.807) is 29.8 Å². The highest BCUT2D eigenvalue weighted by atomic mass is 16.4. The number of aromatic nitrogens is 3. The van der Waals surface area contributed by atoms with E-state index < -0.39 is 5.97 Å². The van der Waals surface area contributed by atoms with Gasteiger partial charge in [-0.15, -0.1) is 0 Å². The minimum Gasteiger partial charge on any atom is -0.477 e. The number of nitrogens with two attached hydrogens (primary N) is 1. The van der Waals surface area contributed by atoms with Gasteiger partial charge in [0.05, 0.1) is 12.2 Å². The number of pyridine rings is 1. The molecule has 0 saturated carbocycles. The maximum absolute atomic E-state index is 11.9. The third-order valence-corrected chi connectivity index (χ3v) is 4.60. The van der Waals surface area contributed by atoms with Gasteiger partial charge in [-0.1, -0.05) is 42.5 Å². The molecule has 4 aromatic rings. The number of imidazole rings is 1. The highest BCUT2D eigenvalue weighted by Crippen LogP contribution is 2.26. The van der Waals surface area contributed by atoms with Gasteiger partial charge in [0.2, 0.25) is 0 Å². The molecule has 6 heteroatoms. The molecule has 0 atom stereocenters. The van der Waals surface area contributed by atoms with Crippen LogP contribution in [0.25, 0.3) is 22.2 Å². The second kappa shape index (κ2) is 6.57. The summed E-state index contributed by atoms with van der Waals surface area (Å²) < 4.78 is 1.73. The fraction of sp³-hybridized carbons (Fsp3) is 0.0952. The number of anilines is 1. The summed E-state index contributed by atoms with van der Waals surface area (Å²) >= 11 is 0. The molecule has 0 aliphatic carbocycles. The first kappa shape index (κ1) is 16.8. The Hall–Kier alpha value is -3.67. The summed E-state index contributed by atoms with van der Waals surface area (Å²) in [6, 6.07) is 17.6. The van der Waals surface area contributed by atoms with Crippen molar-refractivity contribution < 1.29 is 9.90 Å². The summed E-state index contributed by atoms with van der Waals surface area (Å²) in [5.74, 6) is -0.0404. The lowest BCUT2D eigenvalue weighted by Gasteiger charge is -2.13. The van der Waals surface area contributed by atoms with Crippen LogP contribution in [0.3, 0.4) is 0 Å². The van der Waals surface area contributed by atoms with Crippen molar-refractivity contribution in [3.05, 3.63) is 77.7 Å². The van der Waals surface area contributed by atoms with Gasteiger partial charge in [-0.25, -0.2) is 14.8 Å². The van der Waals surface area contributed by atoms with Crippen LogP contribution in [-0.2, 0) is 6.54 Å². The molecule has 0 aliphatic rings. The van der Waals surface area contributed by atoms with Gasteiger partial charge in [0.1, 0.15) is 11.6 Å². The normalized spacial score (nSPS) is 11.0. The quantitative estimate of drug-likeness (QED) is 0.580. The number of carboxylic acids is 1. The van der Waals surface area contributed by atoms with E-state index in [0.717, 1.165) is 21.9 Å². The van der Waals surface area contributed by atoms with Crippen molar-refractivity contribution in [3.8, 4) is 11.4 Å². The van der Waals surface area contributed by atoms with E-state index in [4.69, 9.17) is 5.73 Å². The molecule has 27 heavy (non-hydrogen) atoms. The molecule has 0 radical (unpaired) electrons. The monoisotopic (exact) mass is 358 g/mol. The third kappa shape index (κ3) is 3.01. The molecule has 3 N–H and O–H groups in total. The van der Waals surface area contributed by atoms with Crippen LogP contribution in [0.15, 0.2) is 60.8 Å². The second-order valence-electron chi connectivity index (χ2n) is 6.37. The standard InChI is InChI=1S/C21H18N4O2/c1-13-19(21(26)27)25(20(24-13)15-9-10-18(22)23-11-15)12-16-7-4-6-14-5-2-3-8-17(14)16/h2-11H,12H2,1H3,(H2,22,23)(H,26,27). The lowest BCUT2D eigenvalue weighted by atomic mass is 10.0. The maximum Gasteiger partial charge on any atom is 0.354 e. The van der Waals surface area contributed by atoms with Crippen LogP contribution < -0.4 is 5.73 Å². The van der Waals surface area contributed by atoms with E-state index in [1.165, 1.54) is 0 Å². The third-order valence-electron chi connectivity index (χ3n) is 4.60. The Morgan fingerprint density at radius 2 is 1.89 bits per heavy atom. The van der Waals surface area contributed by atoms with Crippen molar-refractivity contribution in [3.63, 3.8) is 0 Å². The van der Waals surface area contributed by atoms with Gasteiger partial charge in [0.15, 0.2) is 5.69 Å². The molecule has 0 spiro atoms. The average Bonchev–Trinajstić information content (AvgIpc) is 2.99. The smallest absolute Gasteiger partial charge is 0.354 e. The molecule has 0 saturated heterocycles. The Kier molecular flexibility index (Phi) is 4.08. The van der Waals surface area contributed by atoms with E-state index in [9.17, 15) is 9.90 Å². The van der Waals surface area contributed by atoms with Crippen LogP contribution in [0, 0.1) is 6.92 Å². The minimum absolute atomic E-state index is 0.176. The van der Waals surface area contributed by atoms with Crippen LogP contribution in [0.2, 0.25) is 0 Å². The molecule has 0 bridgehead atoms. The zero-order valence-electron chi connectivity index (χ0n) is 14.8. The molecule has 2 aromatic carbocycles. The first-order chi connectivity index (χ1) is 13.0. The van der Waals surface area contributed by atoms with E-state index >= 15 is 0 Å². The van der Waals surface area contributed by atoms with Crippen molar-refractivity contribution in [1.82, 2.24) is 14.5 Å². The zero-order valence-corrected chi connectivity index (χ0v) is 14.8. The molecular formula is C21H18N4O2. The van der Waals surface area contributed by atoms with Gasteiger partial charge in [-0.05, 0) is 35.4 Å². The lowest BCUT2D eigenvalue weighted by Crippen LogP contribution is -2.12. The largest absolute Gasteiger partial charge is 0.477 e. The number of rotatable bonds is 4. The number of aryl methyl sites for hydroxylation is 1. The molecule has 6 nitrogen and oxygen atoms in total. The van der Waals surface area contributed by atoms with Crippen molar-refractivity contribution in [1.29, 1.82) is 0 Å². The number of aromatic carboxylic acids is 1. The molecular weight excluding hydrogens is 340 g/mol. The van der Waals surface area contributed by atoms with Crippen molar-refractivity contribution >= 4 is 22.6 Å². The predicted molar refractivity (Wildman–Crippen MR) is 105 cm³/mol. The van der Waals surface area contributed by atoms with Crippen LogP contribution >= 0.6 is 0 Å². The molecule has 4 rings (SSSR count). The van der Waals surface area contributed by atoms with Gasteiger partial charge >= 0.3 is 5.97 Å². The second-order valence-corrected chi connectivity index (χ2v) is 6.37. The summed E-state index contributed by atoms with van der Waals surface area (Å²) in [5, 5.41) is 11.9. The highest BCUT2D eigenvalue weighted by Gasteiger charge is 2.22. The SMILES string of the molecule is Cc1nc(-c2ccc(N)nc2)n(Cc2cccc3ccccc23)c1C(=O)O. The molecule has 0 amide bonds. The van der Waals surface area contributed by atoms with Gasteiger partial charge in [0, 0.05) is 11.8 Å². The van der Waals surface area contributed by atoms with Crippen LogP contribution in [0.4, 0.5) is 5.82 Å². The summed E-state index contributed by atoms with van der Waals surface area (Å²) in [6.45, 7) is 2.10. The van der Waals surface area contributed by atoms with Crippen LogP contribution in [-0.4, -0.2) is 25.6 Å². The molecule has 0 aliphatic heterocycles. The molecule has 134 valence electrons. The Bertz CT molecular complexity index is 1140. The Morgan fingerprint density at radius 3 is 2.63 bits per heavy atom. The van der Waals surface area contributed by atoms with Gasteiger partial charge in [0.25, 0.3) is 0 Å². The van der Waals surface area contributed by atoms with Gasteiger partial charge in [-0.3, -0.25) is 0 Å². The molecule has 2 heterocycles. The minimum atomic E-state index is -1.00. The number of fused-ring (bicyclic) bond motifs is 1. The van der Waals surface area contributed by atoms with Crippen LogP contribution in [0.5, 0.6) is 0 Å². The summed E-state index contributed by atoms with van der Waals surface area (Å²) in [7, 11) is 0. The molecule has 2 aromatic heterocycles.